The maximum absolute atomic E-state index is 12.1. The van der Waals surface area contributed by atoms with Crippen molar-refractivity contribution in [3.8, 4) is 11.8 Å². The molecule has 0 aliphatic rings. The third kappa shape index (κ3) is 3.14. The summed E-state index contributed by atoms with van der Waals surface area (Å²) in [4.78, 5) is 0. The Labute approximate surface area is 69.9 Å². The van der Waals surface area contributed by atoms with E-state index < -0.39 is 11.6 Å². The second-order valence-corrected chi connectivity index (χ2v) is 2.86. The van der Waals surface area contributed by atoms with E-state index in [4.69, 9.17) is 0 Å². The molecule has 0 saturated heterocycles. The smallest absolute Gasteiger partial charge is 0.372 e. The summed E-state index contributed by atoms with van der Waals surface area (Å²) in [5.74, 6) is 4.39. The first-order valence-corrected chi connectivity index (χ1v) is 3.37. The molecule has 0 atom stereocenters. The van der Waals surface area contributed by atoms with E-state index in [1.807, 2.05) is 0 Å². The van der Waals surface area contributed by atoms with E-state index in [2.05, 4.69) is 16.6 Å². The minimum absolute atomic E-state index is 0.0273. The Morgan fingerprint density at radius 2 is 1.75 bits per heavy atom. The molecule has 0 unspecified atom stereocenters. The van der Waals surface area contributed by atoms with E-state index in [1.54, 1.807) is 0 Å². The van der Waals surface area contributed by atoms with Gasteiger partial charge in [-0.1, -0.05) is 11.8 Å². The van der Waals surface area contributed by atoms with Crippen LogP contribution in [0.4, 0.5) is 13.2 Å². The molecule has 0 fully saturated rings. The molecule has 0 heterocycles. The molecule has 70 valence electrons. The quantitative estimate of drug-likeness (QED) is 0.562. The molecule has 0 amide bonds. The van der Waals surface area contributed by atoms with Gasteiger partial charge in [0.05, 0.1) is 0 Å². The number of halogens is 3. The second-order valence-electron chi connectivity index (χ2n) is 2.86. The van der Waals surface area contributed by atoms with Gasteiger partial charge in [0.1, 0.15) is 12.0 Å². The number of hydrogen-bond donors (Lipinski definition) is 0. The van der Waals surface area contributed by atoms with E-state index >= 15 is 0 Å². The summed E-state index contributed by atoms with van der Waals surface area (Å²) >= 11 is 0. The molecule has 0 saturated carbocycles. The SMILES string of the molecule is COCC#CC(C)(C)C(F)(F)F. The van der Waals surface area contributed by atoms with E-state index in [9.17, 15) is 13.2 Å². The van der Waals surface area contributed by atoms with Gasteiger partial charge >= 0.3 is 6.18 Å². The monoisotopic (exact) mass is 180 g/mol. The lowest BCUT2D eigenvalue weighted by atomic mass is 9.94. The molecule has 1 nitrogen and oxygen atoms in total. The Bertz CT molecular complexity index is 195. The third-order valence-electron chi connectivity index (χ3n) is 1.33. The van der Waals surface area contributed by atoms with Gasteiger partial charge in [0.2, 0.25) is 0 Å². The van der Waals surface area contributed by atoms with Crippen LogP contribution in [0.15, 0.2) is 0 Å². The van der Waals surface area contributed by atoms with Crippen LogP contribution in [-0.2, 0) is 4.74 Å². The highest BCUT2D eigenvalue weighted by molar-refractivity contribution is 5.11. The number of methoxy groups -OCH3 is 1. The zero-order valence-electron chi connectivity index (χ0n) is 7.25. The predicted molar refractivity (Wildman–Crippen MR) is 39.5 cm³/mol. The van der Waals surface area contributed by atoms with Crippen molar-refractivity contribution >= 4 is 0 Å². The van der Waals surface area contributed by atoms with Gasteiger partial charge in [-0.3, -0.25) is 0 Å². The van der Waals surface area contributed by atoms with Crippen LogP contribution >= 0.6 is 0 Å². The molecule has 0 aromatic heterocycles. The van der Waals surface area contributed by atoms with Gasteiger partial charge in [-0.05, 0) is 13.8 Å². The summed E-state index contributed by atoms with van der Waals surface area (Å²) in [6, 6.07) is 0. The van der Waals surface area contributed by atoms with Gasteiger partial charge in [0.15, 0.2) is 0 Å². The Hall–Kier alpha value is -0.690. The predicted octanol–water partition coefficient (Wildman–Crippen LogP) is 2.22. The molecule has 0 spiro atoms. The topological polar surface area (TPSA) is 9.23 Å². The Morgan fingerprint density at radius 3 is 2.08 bits per heavy atom. The lowest BCUT2D eigenvalue weighted by Crippen LogP contribution is -2.30. The molecule has 12 heavy (non-hydrogen) atoms. The Kier molecular flexibility index (Phi) is 3.59. The summed E-state index contributed by atoms with van der Waals surface area (Å²) in [6.45, 7) is 2.10. The molecule has 0 N–H and O–H groups in total. The summed E-state index contributed by atoms with van der Waals surface area (Å²) in [5, 5.41) is 0. The molecule has 0 aromatic rings. The largest absolute Gasteiger partial charge is 0.404 e. The molecular weight excluding hydrogens is 169 g/mol. The fourth-order valence-electron chi connectivity index (χ4n) is 0.400. The first-order valence-electron chi connectivity index (χ1n) is 3.37. The van der Waals surface area contributed by atoms with Crippen LogP contribution in [0.3, 0.4) is 0 Å². The summed E-state index contributed by atoms with van der Waals surface area (Å²) < 4.78 is 40.9. The van der Waals surface area contributed by atoms with Crippen molar-refractivity contribution in [2.24, 2.45) is 5.41 Å². The maximum Gasteiger partial charge on any atom is 0.404 e. The van der Waals surface area contributed by atoms with Crippen molar-refractivity contribution in [2.75, 3.05) is 13.7 Å². The van der Waals surface area contributed by atoms with Crippen LogP contribution in [-0.4, -0.2) is 19.9 Å². The van der Waals surface area contributed by atoms with Crippen LogP contribution in [0.1, 0.15) is 13.8 Å². The van der Waals surface area contributed by atoms with Gasteiger partial charge in [-0.25, -0.2) is 0 Å². The van der Waals surface area contributed by atoms with Crippen molar-refractivity contribution in [1.82, 2.24) is 0 Å². The molecular formula is C8H11F3O. The van der Waals surface area contributed by atoms with Crippen molar-refractivity contribution in [2.45, 2.75) is 20.0 Å². The first kappa shape index (κ1) is 11.3. The molecule has 0 rings (SSSR count). The first-order chi connectivity index (χ1) is 5.31. The van der Waals surface area contributed by atoms with E-state index in [0.717, 1.165) is 13.8 Å². The number of rotatable bonds is 1. The highest BCUT2D eigenvalue weighted by atomic mass is 19.4. The van der Waals surface area contributed by atoms with Gasteiger partial charge in [0.25, 0.3) is 0 Å². The van der Waals surface area contributed by atoms with E-state index in [-0.39, 0.29) is 6.61 Å². The van der Waals surface area contributed by atoms with Crippen LogP contribution in [0.25, 0.3) is 0 Å². The van der Waals surface area contributed by atoms with Gasteiger partial charge in [0, 0.05) is 7.11 Å². The Morgan fingerprint density at radius 1 is 1.25 bits per heavy atom. The van der Waals surface area contributed by atoms with Crippen molar-refractivity contribution in [3.63, 3.8) is 0 Å². The van der Waals surface area contributed by atoms with Crippen LogP contribution in [0.5, 0.6) is 0 Å². The normalized spacial score (nSPS) is 12.2. The van der Waals surface area contributed by atoms with Crippen molar-refractivity contribution < 1.29 is 17.9 Å². The summed E-state index contributed by atoms with van der Waals surface area (Å²) in [6.07, 6.45) is -4.28. The lowest BCUT2D eigenvalue weighted by molar-refractivity contribution is -0.190. The standard InChI is InChI=1S/C8H11F3O/c1-7(2,8(9,10)11)5-4-6-12-3/h6H2,1-3H3. The molecule has 0 aliphatic carbocycles. The number of hydrogen-bond acceptors (Lipinski definition) is 1. The molecule has 0 radical (unpaired) electrons. The lowest BCUT2D eigenvalue weighted by Gasteiger charge is -2.21. The van der Waals surface area contributed by atoms with E-state index in [0.29, 0.717) is 0 Å². The fourth-order valence-corrected chi connectivity index (χ4v) is 0.400. The average molecular weight is 180 g/mol. The average Bonchev–Trinajstić information content (AvgIpc) is 1.85. The molecule has 0 bridgehead atoms. The summed E-state index contributed by atoms with van der Waals surface area (Å²) in [7, 11) is 1.38. The minimum Gasteiger partial charge on any atom is -0.372 e. The highest BCUT2D eigenvalue weighted by Gasteiger charge is 2.46. The van der Waals surface area contributed by atoms with Gasteiger partial charge in [-0.2, -0.15) is 13.2 Å². The van der Waals surface area contributed by atoms with Crippen LogP contribution < -0.4 is 0 Å². The van der Waals surface area contributed by atoms with Crippen molar-refractivity contribution in [3.05, 3.63) is 0 Å². The Balaban J connectivity index is 4.35. The van der Waals surface area contributed by atoms with Crippen LogP contribution in [0, 0.1) is 17.3 Å². The highest BCUT2D eigenvalue weighted by Crippen LogP contribution is 2.36. The summed E-state index contributed by atoms with van der Waals surface area (Å²) in [5.41, 5.74) is -1.95. The zero-order chi connectivity index (χ0) is 9.83. The third-order valence-corrected chi connectivity index (χ3v) is 1.33. The maximum atomic E-state index is 12.1. The molecule has 0 aromatic carbocycles. The minimum atomic E-state index is -4.28. The van der Waals surface area contributed by atoms with Crippen LogP contribution in [0.2, 0.25) is 0 Å². The van der Waals surface area contributed by atoms with Gasteiger partial charge < -0.3 is 4.74 Å². The van der Waals surface area contributed by atoms with E-state index in [1.165, 1.54) is 7.11 Å². The fraction of sp³-hybridized carbons (Fsp3) is 0.750. The number of alkyl halides is 3. The zero-order valence-corrected chi connectivity index (χ0v) is 7.25. The second kappa shape index (κ2) is 3.81. The van der Waals surface area contributed by atoms with Crippen molar-refractivity contribution in [1.29, 1.82) is 0 Å². The number of ether oxygens (including phenoxy) is 1. The van der Waals surface area contributed by atoms with Gasteiger partial charge in [-0.15, -0.1) is 0 Å². The molecule has 4 heteroatoms. The molecule has 0 aliphatic heterocycles.